The van der Waals surface area contributed by atoms with Gasteiger partial charge in [0.15, 0.2) is 0 Å². The smallest absolute Gasteiger partial charge is 0.410 e. The number of carbonyl (C=O) groups is 2. The van der Waals surface area contributed by atoms with Crippen molar-refractivity contribution in [1.82, 2.24) is 4.90 Å². The van der Waals surface area contributed by atoms with Gasteiger partial charge < -0.3 is 9.84 Å². The van der Waals surface area contributed by atoms with Crippen LogP contribution in [0.3, 0.4) is 0 Å². The first-order chi connectivity index (χ1) is 10.5. The number of aliphatic carboxylic acids is 1. The molecule has 1 amide bonds. The van der Waals surface area contributed by atoms with Gasteiger partial charge >= 0.3 is 12.1 Å². The van der Waals surface area contributed by atoms with Crippen molar-refractivity contribution in [3.63, 3.8) is 0 Å². The van der Waals surface area contributed by atoms with Gasteiger partial charge in [0.1, 0.15) is 6.61 Å². The summed E-state index contributed by atoms with van der Waals surface area (Å²) >= 11 is 0. The van der Waals surface area contributed by atoms with Crippen LogP contribution in [-0.2, 0) is 16.1 Å². The van der Waals surface area contributed by atoms with Crippen LogP contribution in [0, 0.1) is 5.92 Å². The molecule has 1 aromatic rings. The van der Waals surface area contributed by atoms with Crippen LogP contribution in [0.2, 0.25) is 0 Å². The zero-order chi connectivity index (χ0) is 16.1. The van der Waals surface area contributed by atoms with Crippen molar-refractivity contribution in [2.24, 2.45) is 5.92 Å². The van der Waals surface area contributed by atoms with Crippen LogP contribution in [0.25, 0.3) is 0 Å². The van der Waals surface area contributed by atoms with Gasteiger partial charge in [0, 0.05) is 6.54 Å². The second kappa shape index (κ2) is 7.20. The second-order valence-corrected chi connectivity index (χ2v) is 5.21. The van der Waals surface area contributed by atoms with E-state index in [4.69, 9.17) is 9.84 Å². The molecule has 2 rings (SSSR count). The third-order valence-corrected chi connectivity index (χ3v) is 3.71. The van der Waals surface area contributed by atoms with Crippen molar-refractivity contribution in [1.29, 1.82) is 0 Å². The average Bonchev–Trinajstić information content (AvgIpc) is 2.52. The van der Waals surface area contributed by atoms with Gasteiger partial charge in [-0.05, 0) is 18.4 Å². The van der Waals surface area contributed by atoms with Gasteiger partial charge in [-0.15, -0.1) is 0 Å². The van der Waals surface area contributed by atoms with Gasteiger partial charge in [0.25, 0.3) is 6.43 Å². The van der Waals surface area contributed by atoms with Gasteiger partial charge in [-0.2, -0.15) is 0 Å². The number of benzene rings is 1. The number of halogens is 2. The molecule has 1 fully saturated rings. The van der Waals surface area contributed by atoms with Crippen LogP contribution < -0.4 is 0 Å². The number of carboxylic acids is 1. The van der Waals surface area contributed by atoms with Gasteiger partial charge in [0.2, 0.25) is 0 Å². The second-order valence-electron chi connectivity index (χ2n) is 5.21. The number of ether oxygens (including phenoxy) is 1. The van der Waals surface area contributed by atoms with Gasteiger partial charge in [-0.3, -0.25) is 9.69 Å². The number of carboxylic acid groups (broad SMARTS) is 1. The molecule has 7 heteroatoms. The highest BCUT2D eigenvalue weighted by Gasteiger charge is 2.39. The first-order valence-corrected chi connectivity index (χ1v) is 6.97. The highest BCUT2D eigenvalue weighted by Crippen LogP contribution is 2.27. The van der Waals surface area contributed by atoms with Crippen LogP contribution in [0.15, 0.2) is 30.3 Å². The highest BCUT2D eigenvalue weighted by atomic mass is 19.3. The SMILES string of the molecule is O=C(O)[C@@H]1CC[C@H](C(F)F)N(C(=O)OCc2ccccc2)C1. The zero-order valence-corrected chi connectivity index (χ0v) is 11.8. The molecule has 0 aromatic heterocycles. The Morgan fingerprint density at radius 1 is 1.27 bits per heavy atom. The highest BCUT2D eigenvalue weighted by molar-refractivity contribution is 5.73. The molecule has 0 bridgehead atoms. The number of alkyl halides is 2. The first kappa shape index (κ1) is 16.2. The summed E-state index contributed by atoms with van der Waals surface area (Å²) in [5.41, 5.74) is 0.733. The Kier molecular flexibility index (Phi) is 5.30. The molecule has 0 unspecified atom stereocenters. The maximum absolute atomic E-state index is 13.0. The Balaban J connectivity index is 2.01. The molecule has 22 heavy (non-hydrogen) atoms. The number of piperidine rings is 1. The number of amides is 1. The largest absolute Gasteiger partial charge is 0.481 e. The maximum atomic E-state index is 13.0. The van der Waals surface area contributed by atoms with E-state index in [0.717, 1.165) is 10.5 Å². The fraction of sp³-hybridized carbons (Fsp3) is 0.467. The van der Waals surface area contributed by atoms with Crippen molar-refractivity contribution in [3.8, 4) is 0 Å². The van der Waals surface area contributed by atoms with E-state index in [0.29, 0.717) is 0 Å². The molecule has 0 aliphatic carbocycles. The summed E-state index contributed by atoms with van der Waals surface area (Å²) in [5, 5.41) is 9.00. The molecule has 1 N–H and O–H groups in total. The average molecular weight is 313 g/mol. The summed E-state index contributed by atoms with van der Waals surface area (Å²) in [5.74, 6) is -1.92. The third-order valence-electron chi connectivity index (χ3n) is 3.71. The number of rotatable bonds is 4. The van der Waals surface area contributed by atoms with E-state index in [1.165, 1.54) is 0 Å². The molecule has 1 aliphatic rings. The van der Waals surface area contributed by atoms with Gasteiger partial charge in [0.05, 0.1) is 12.0 Å². The van der Waals surface area contributed by atoms with Crippen LogP contribution >= 0.6 is 0 Å². The first-order valence-electron chi connectivity index (χ1n) is 6.97. The monoisotopic (exact) mass is 313 g/mol. The van der Waals surface area contributed by atoms with Crippen LogP contribution in [0.4, 0.5) is 13.6 Å². The van der Waals surface area contributed by atoms with Crippen LogP contribution in [-0.4, -0.2) is 41.1 Å². The van der Waals surface area contributed by atoms with E-state index in [9.17, 15) is 18.4 Å². The standard InChI is InChI=1S/C15H17F2NO4/c16-13(17)12-7-6-11(14(19)20)8-18(12)15(21)22-9-10-4-2-1-3-5-10/h1-5,11-13H,6-9H2,(H,19,20)/t11-,12-/m1/s1. The van der Waals surface area contributed by atoms with E-state index in [2.05, 4.69) is 0 Å². The zero-order valence-electron chi connectivity index (χ0n) is 11.8. The number of likely N-dealkylation sites (tertiary alicyclic amines) is 1. The predicted molar refractivity (Wildman–Crippen MR) is 73.5 cm³/mol. The third kappa shape index (κ3) is 3.93. The Labute approximate surface area is 126 Å². The van der Waals surface area contributed by atoms with Crippen molar-refractivity contribution >= 4 is 12.1 Å². The Hall–Kier alpha value is -2.18. The minimum atomic E-state index is -2.72. The van der Waals surface area contributed by atoms with E-state index < -0.39 is 30.4 Å². The lowest BCUT2D eigenvalue weighted by Gasteiger charge is -2.36. The summed E-state index contributed by atoms with van der Waals surface area (Å²) < 4.78 is 31.1. The number of hydrogen-bond acceptors (Lipinski definition) is 3. The molecule has 2 atom stereocenters. The lowest BCUT2D eigenvalue weighted by molar-refractivity contribution is -0.144. The number of hydrogen-bond donors (Lipinski definition) is 1. The Bertz CT molecular complexity index is 524. The molecule has 5 nitrogen and oxygen atoms in total. The fourth-order valence-corrected chi connectivity index (χ4v) is 2.47. The topological polar surface area (TPSA) is 66.8 Å². The summed E-state index contributed by atoms with van der Waals surface area (Å²) in [6.45, 7) is -0.290. The lowest BCUT2D eigenvalue weighted by Crippen LogP contribution is -2.51. The number of carbonyl (C=O) groups excluding carboxylic acids is 1. The van der Waals surface area contributed by atoms with E-state index in [1.54, 1.807) is 30.3 Å². The Morgan fingerprint density at radius 2 is 1.95 bits per heavy atom. The quantitative estimate of drug-likeness (QED) is 0.928. The maximum Gasteiger partial charge on any atom is 0.410 e. The molecule has 0 saturated carbocycles. The Morgan fingerprint density at radius 3 is 2.55 bits per heavy atom. The van der Waals surface area contributed by atoms with Gasteiger partial charge in [-0.25, -0.2) is 13.6 Å². The molecular formula is C15H17F2NO4. The van der Waals surface area contributed by atoms with E-state index in [1.807, 2.05) is 0 Å². The summed E-state index contributed by atoms with van der Waals surface area (Å²) in [4.78, 5) is 23.9. The van der Waals surface area contributed by atoms with Crippen molar-refractivity contribution in [3.05, 3.63) is 35.9 Å². The molecule has 0 spiro atoms. The van der Waals surface area contributed by atoms with Crippen LogP contribution in [0.5, 0.6) is 0 Å². The summed E-state index contributed by atoms with van der Waals surface area (Å²) in [7, 11) is 0. The fourth-order valence-electron chi connectivity index (χ4n) is 2.47. The number of nitrogens with zero attached hydrogens (tertiary/aromatic N) is 1. The van der Waals surface area contributed by atoms with Crippen molar-refractivity contribution in [2.45, 2.75) is 31.9 Å². The minimum Gasteiger partial charge on any atom is -0.481 e. The molecule has 1 saturated heterocycles. The molecule has 1 aliphatic heterocycles. The summed E-state index contributed by atoms with van der Waals surface area (Å²) in [6, 6.07) is 7.54. The molecule has 1 aromatic carbocycles. The van der Waals surface area contributed by atoms with Crippen molar-refractivity contribution in [2.75, 3.05) is 6.54 Å². The van der Waals surface area contributed by atoms with E-state index >= 15 is 0 Å². The normalized spacial score (nSPS) is 21.7. The van der Waals surface area contributed by atoms with Gasteiger partial charge in [-0.1, -0.05) is 30.3 Å². The van der Waals surface area contributed by atoms with E-state index in [-0.39, 0.29) is 26.0 Å². The summed E-state index contributed by atoms with van der Waals surface area (Å²) in [6.07, 6.45) is -3.54. The van der Waals surface area contributed by atoms with Crippen LogP contribution in [0.1, 0.15) is 18.4 Å². The molecule has 1 heterocycles. The molecular weight excluding hydrogens is 296 g/mol. The lowest BCUT2D eigenvalue weighted by atomic mass is 9.93. The molecule has 120 valence electrons. The van der Waals surface area contributed by atoms with Crippen molar-refractivity contribution < 1.29 is 28.2 Å². The molecule has 0 radical (unpaired) electrons. The minimum absolute atomic E-state index is 0.0378. The predicted octanol–water partition coefficient (Wildman–Crippen LogP) is 2.75.